The monoisotopic (exact) mass is 324 g/mol. The molecule has 0 amide bonds. The molecular weight excluding hydrogens is 308 g/mol. The van der Waals surface area contributed by atoms with Crippen molar-refractivity contribution in [2.24, 2.45) is 0 Å². The van der Waals surface area contributed by atoms with Gasteiger partial charge in [-0.05, 0) is 19.2 Å². The zero-order valence-corrected chi connectivity index (χ0v) is 13.3. The first kappa shape index (κ1) is 15.2. The summed E-state index contributed by atoms with van der Waals surface area (Å²) in [6.07, 6.45) is -0.0889. The zero-order valence-electron chi connectivity index (χ0n) is 10.9. The normalized spacial score (nSPS) is 22.0. The summed E-state index contributed by atoms with van der Waals surface area (Å²) in [6.45, 7) is 2.61. The molecular formula is C11H17ClN2O3S2. The van der Waals surface area contributed by atoms with Crippen LogP contribution in [0.5, 0.6) is 0 Å². The van der Waals surface area contributed by atoms with Crippen LogP contribution in [-0.2, 0) is 14.8 Å². The highest BCUT2D eigenvalue weighted by atomic mass is 35.5. The molecule has 1 aromatic heterocycles. The van der Waals surface area contributed by atoms with E-state index in [2.05, 4.69) is 4.90 Å². The van der Waals surface area contributed by atoms with Crippen molar-refractivity contribution in [2.75, 3.05) is 40.3 Å². The summed E-state index contributed by atoms with van der Waals surface area (Å²) < 4.78 is 32.3. The predicted octanol–water partition coefficient (Wildman–Crippen LogP) is 1.35. The van der Waals surface area contributed by atoms with Gasteiger partial charge in [0.25, 0.3) is 10.0 Å². The lowest BCUT2D eigenvalue weighted by Crippen LogP contribution is -2.46. The van der Waals surface area contributed by atoms with Crippen molar-refractivity contribution in [3.63, 3.8) is 0 Å². The number of morpholine rings is 1. The number of hydrogen-bond acceptors (Lipinski definition) is 5. The van der Waals surface area contributed by atoms with Gasteiger partial charge in [-0.1, -0.05) is 11.6 Å². The number of halogens is 1. The average Bonchev–Trinajstić information content (AvgIpc) is 2.76. The number of likely N-dealkylation sites (N-methyl/N-ethyl adjacent to an activating group) is 2. The molecule has 0 saturated carbocycles. The smallest absolute Gasteiger partial charge is 0.252 e. The second-order valence-corrected chi connectivity index (χ2v) is 8.59. The number of hydrogen-bond donors (Lipinski definition) is 0. The van der Waals surface area contributed by atoms with Gasteiger partial charge in [-0.15, -0.1) is 11.3 Å². The predicted molar refractivity (Wildman–Crippen MR) is 76.4 cm³/mol. The molecule has 1 fully saturated rings. The standard InChI is InChI=1S/C11H17ClN2O3S2/c1-13-5-6-17-9(7-13)8-14(2)19(15,16)11-4-3-10(12)18-11/h3-4,9H,5-8H2,1-2H3. The average molecular weight is 325 g/mol. The summed E-state index contributed by atoms with van der Waals surface area (Å²) in [5, 5.41) is 0. The van der Waals surface area contributed by atoms with Crippen LogP contribution in [0.4, 0.5) is 0 Å². The van der Waals surface area contributed by atoms with Gasteiger partial charge in [-0.2, -0.15) is 4.31 Å². The van der Waals surface area contributed by atoms with E-state index in [1.165, 1.54) is 10.4 Å². The van der Waals surface area contributed by atoms with Crippen LogP contribution in [0.2, 0.25) is 4.34 Å². The Hall–Kier alpha value is -0.180. The Balaban J connectivity index is 2.04. The van der Waals surface area contributed by atoms with Gasteiger partial charge < -0.3 is 9.64 Å². The molecule has 0 spiro atoms. The number of ether oxygens (including phenoxy) is 1. The minimum absolute atomic E-state index is 0.0889. The summed E-state index contributed by atoms with van der Waals surface area (Å²) in [5.41, 5.74) is 0. The molecule has 1 aromatic rings. The zero-order chi connectivity index (χ0) is 14.0. The summed E-state index contributed by atoms with van der Waals surface area (Å²) in [7, 11) is 0.107. The maximum atomic E-state index is 12.3. The molecule has 0 N–H and O–H groups in total. The molecule has 2 heterocycles. The van der Waals surface area contributed by atoms with Gasteiger partial charge in [0, 0.05) is 26.7 Å². The van der Waals surface area contributed by atoms with Crippen molar-refractivity contribution in [1.82, 2.24) is 9.21 Å². The number of nitrogens with zero attached hydrogens (tertiary/aromatic N) is 2. The van der Waals surface area contributed by atoms with E-state index in [0.717, 1.165) is 24.4 Å². The van der Waals surface area contributed by atoms with Gasteiger partial charge in [-0.3, -0.25) is 0 Å². The van der Waals surface area contributed by atoms with Crippen LogP contribution in [0, 0.1) is 0 Å². The van der Waals surface area contributed by atoms with Crippen LogP contribution in [-0.4, -0.2) is 64.1 Å². The molecule has 108 valence electrons. The largest absolute Gasteiger partial charge is 0.374 e. The molecule has 8 heteroatoms. The molecule has 1 aliphatic heterocycles. The first-order valence-electron chi connectivity index (χ1n) is 5.91. The molecule has 1 atom stereocenters. The first-order chi connectivity index (χ1) is 8.89. The molecule has 0 aliphatic carbocycles. The summed E-state index contributed by atoms with van der Waals surface area (Å²) in [5.74, 6) is 0. The number of thiophene rings is 1. The Morgan fingerprint density at radius 2 is 2.32 bits per heavy atom. The van der Waals surface area contributed by atoms with Crippen LogP contribution in [0.15, 0.2) is 16.3 Å². The van der Waals surface area contributed by atoms with E-state index in [9.17, 15) is 8.42 Å². The molecule has 0 aromatic carbocycles. The van der Waals surface area contributed by atoms with Crippen LogP contribution in [0.25, 0.3) is 0 Å². The molecule has 19 heavy (non-hydrogen) atoms. The van der Waals surface area contributed by atoms with E-state index in [0.29, 0.717) is 17.5 Å². The van der Waals surface area contributed by atoms with E-state index in [1.54, 1.807) is 13.1 Å². The minimum Gasteiger partial charge on any atom is -0.374 e. The maximum Gasteiger partial charge on any atom is 0.252 e. The van der Waals surface area contributed by atoms with Gasteiger partial charge >= 0.3 is 0 Å². The van der Waals surface area contributed by atoms with Crippen LogP contribution >= 0.6 is 22.9 Å². The summed E-state index contributed by atoms with van der Waals surface area (Å²) >= 11 is 6.86. The van der Waals surface area contributed by atoms with Gasteiger partial charge in [0.05, 0.1) is 17.0 Å². The molecule has 0 radical (unpaired) electrons. The van der Waals surface area contributed by atoms with Crippen LogP contribution < -0.4 is 0 Å². The van der Waals surface area contributed by atoms with Crippen molar-refractivity contribution in [1.29, 1.82) is 0 Å². The topological polar surface area (TPSA) is 49.9 Å². The van der Waals surface area contributed by atoms with E-state index in [-0.39, 0.29) is 10.3 Å². The fraction of sp³-hybridized carbons (Fsp3) is 0.636. The highest BCUT2D eigenvalue weighted by molar-refractivity contribution is 7.91. The Kier molecular flexibility index (Phi) is 4.86. The van der Waals surface area contributed by atoms with Crippen molar-refractivity contribution in [2.45, 2.75) is 10.3 Å². The van der Waals surface area contributed by atoms with Crippen molar-refractivity contribution in [3.05, 3.63) is 16.5 Å². The third-order valence-electron chi connectivity index (χ3n) is 3.02. The Morgan fingerprint density at radius 1 is 1.58 bits per heavy atom. The molecule has 0 bridgehead atoms. The van der Waals surface area contributed by atoms with E-state index in [4.69, 9.17) is 16.3 Å². The Morgan fingerprint density at radius 3 is 2.89 bits per heavy atom. The van der Waals surface area contributed by atoms with Gasteiger partial charge in [0.2, 0.25) is 0 Å². The van der Waals surface area contributed by atoms with Crippen molar-refractivity contribution in [3.8, 4) is 0 Å². The Labute approximate surface area is 122 Å². The lowest BCUT2D eigenvalue weighted by molar-refractivity contribution is -0.0247. The van der Waals surface area contributed by atoms with E-state index >= 15 is 0 Å². The lowest BCUT2D eigenvalue weighted by Gasteiger charge is -2.32. The molecule has 1 saturated heterocycles. The van der Waals surface area contributed by atoms with Crippen LogP contribution in [0.3, 0.4) is 0 Å². The molecule has 1 aliphatic rings. The minimum atomic E-state index is -3.47. The Bertz CT molecular complexity index is 532. The molecule has 5 nitrogen and oxygen atoms in total. The highest BCUT2D eigenvalue weighted by Crippen LogP contribution is 2.27. The second-order valence-electron chi connectivity index (χ2n) is 4.60. The fourth-order valence-electron chi connectivity index (χ4n) is 1.95. The van der Waals surface area contributed by atoms with Gasteiger partial charge in [0.15, 0.2) is 0 Å². The first-order valence-corrected chi connectivity index (χ1v) is 8.55. The van der Waals surface area contributed by atoms with Gasteiger partial charge in [-0.25, -0.2) is 8.42 Å². The molecule has 2 rings (SSSR count). The summed E-state index contributed by atoms with van der Waals surface area (Å²) in [6, 6.07) is 3.13. The SMILES string of the molecule is CN1CCOC(CN(C)S(=O)(=O)c2ccc(Cl)s2)C1. The van der Waals surface area contributed by atoms with Crippen molar-refractivity contribution >= 4 is 33.0 Å². The number of sulfonamides is 1. The fourth-order valence-corrected chi connectivity index (χ4v) is 4.85. The molecule has 1 unspecified atom stereocenters. The van der Waals surface area contributed by atoms with Gasteiger partial charge in [0.1, 0.15) is 4.21 Å². The van der Waals surface area contributed by atoms with Crippen molar-refractivity contribution < 1.29 is 13.2 Å². The second kappa shape index (κ2) is 6.07. The maximum absolute atomic E-state index is 12.3. The number of rotatable bonds is 4. The third kappa shape index (κ3) is 3.68. The van der Waals surface area contributed by atoms with Crippen LogP contribution in [0.1, 0.15) is 0 Å². The quantitative estimate of drug-likeness (QED) is 0.839. The van der Waals surface area contributed by atoms with E-state index < -0.39 is 10.0 Å². The highest BCUT2D eigenvalue weighted by Gasteiger charge is 2.27. The third-order valence-corrected chi connectivity index (χ3v) is 6.54. The lowest BCUT2D eigenvalue weighted by atomic mass is 10.3. The van der Waals surface area contributed by atoms with E-state index in [1.807, 2.05) is 7.05 Å². The summed E-state index contributed by atoms with van der Waals surface area (Å²) in [4.78, 5) is 2.14.